The van der Waals surface area contributed by atoms with Crippen molar-refractivity contribution < 1.29 is 23.5 Å². The van der Waals surface area contributed by atoms with Crippen LogP contribution in [0.3, 0.4) is 0 Å². The minimum absolute atomic E-state index is 0.222. The molecule has 1 aliphatic rings. The number of hydrogen-bond acceptors (Lipinski definition) is 5. The molecular weight excluding hydrogens is 472 g/mol. The van der Waals surface area contributed by atoms with Crippen LogP contribution >= 0.6 is 31.9 Å². The van der Waals surface area contributed by atoms with Crippen LogP contribution in [0.1, 0.15) is 12.7 Å². The van der Waals surface area contributed by atoms with Crippen LogP contribution in [0.5, 0.6) is 5.75 Å². The topological polar surface area (TPSA) is 88.8 Å². The number of imide groups is 2. The second-order valence-corrected chi connectivity index (χ2v) is 6.73. The third-order valence-electron chi connectivity index (χ3n) is 3.44. The first kappa shape index (κ1) is 18.4. The Morgan fingerprint density at radius 3 is 2.65 bits per heavy atom. The van der Waals surface area contributed by atoms with Gasteiger partial charge in [-0.15, -0.1) is 0 Å². The average Bonchev–Trinajstić information content (AvgIpc) is 2.90. The zero-order valence-corrected chi connectivity index (χ0v) is 16.6. The number of urea groups is 1. The van der Waals surface area contributed by atoms with Gasteiger partial charge in [0.2, 0.25) is 0 Å². The lowest BCUT2D eigenvalue weighted by molar-refractivity contribution is -0.122. The number of benzene rings is 1. The molecule has 0 aliphatic carbocycles. The molecule has 7 nitrogen and oxygen atoms in total. The van der Waals surface area contributed by atoms with Crippen molar-refractivity contribution in [2.24, 2.45) is 0 Å². The number of rotatable bonds is 4. The van der Waals surface area contributed by atoms with Crippen LogP contribution in [0.2, 0.25) is 0 Å². The number of barbiturate groups is 1. The van der Waals surface area contributed by atoms with Crippen molar-refractivity contribution in [2.45, 2.75) is 6.92 Å². The van der Waals surface area contributed by atoms with Gasteiger partial charge in [-0.3, -0.25) is 14.9 Å². The summed E-state index contributed by atoms with van der Waals surface area (Å²) in [4.78, 5) is 38.0. The van der Waals surface area contributed by atoms with Crippen molar-refractivity contribution in [3.63, 3.8) is 0 Å². The van der Waals surface area contributed by atoms with E-state index in [0.717, 1.165) is 4.90 Å². The predicted molar refractivity (Wildman–Crippen MR) is 101 cm³/mol. The Labute approximate surface area is 165 Å². The van der Waals surface area contributed by atoms with Gasteiger partial charge in [-0.2, -0.15) is 0 Å². The fourth-order valence-corrected chi connectivity index (χ4v) is 2.96. The predicted octanol–water partition coefficient (Wildman–Crippen LogP) is 3.87. The Morgan fingerprint density at radius 2 is 2.00 bits per heavy atom. The maximum absolute atomic E-state index is 12.8. The monoisotopic (exact) mass is 482 g/mol. The maximum atomic E-state index is 12.8. The van der Waals surface area contributed by atoms with Gasteiger partial charge in [-0.05, 0) is 63.1 Å². The van der Waals surface area contributed by atoms with Crippen LogP contribution < -0.4 is 15.0 Å². The highest BCUT2D eigenvalue weighted by atomic mass is 79.9. The minimum atomic E-state index is -0.826. The summed E-state index contributed by atoms with van der Waals surface area (Å²) in [7, 11) is 0. The van der Waals surface area contributed by atoms with E-state index in [1.807, 2.05) is 6.92 Å². The van der Waals surface area contributed by atoms with Crippen molar-refractivity contribution in [1.29, 1.82) is 0 Å². The molecule has 2 aromatic rings. The third kappa shape index (κ3) is 3.58. The van der Waals surface area contributed by atoms with Gasteiger partial charge in [0.1, 0.15) is 17.1 Å². The van der Waals surface area contributed by atoms with E-state index in [9.17, 15) is 14.4 Å². The number of halogens is 2. The van der Waals surface area contributed by atoms with Crippen LogP contribution in [0.4, 0.5) is 10.5 Å². The van der Waals surface area contributed by atoms with E-state index < -0.39 is 17.8 Å². The van der Waals surface area contributed by atoms with E-state index in [0.29, 0.717) is 27.2 Å². The molecular formula is C17H12Br2N2O5. The summed E-state index contributed by atoms with van der Waals surface area (Å²) >= 11 is 6.44. The molecule has 0 saturated carbocycles. The highest BCUT2D eigenvalue weighted by Gasteiger charge is 2.37. The summed E-state index contributed by atoms with van der Waals surface area (Å²) in [5.41, 5.74) is 0.0684. The van der Waals surface area contributed by atoms with Crippen molar-refractivity contribution in [1.82, 2.24) is 5.32 Å². The summed E-state index contributed by atoms with van der Waals surface area (Å²) in [6.07, 6.45) is 1.28. The van der Waals surface area contributed by atoms with Crippen molar-refractivity contribution in [3.05, 3.63) is 50.8 Å². The second kappa shape index (κ2) is 7.46. The summed E-state index contributed by atoms with van der Waals surface area (Å²) < 4.78 is 11.8. The molecule has 4 amide bonds. The molecule has 1 saturated heterocycles. The summed E-state index contributed by atoms with van der Waals surface area (Å²) in [5, 5.41) is 2.15. The molecule has 1 aliphatic heterocycles. The van der Waals surface area contributed by atoms with Gasteiger partial charge >= 0.3 is 6.03 Å². The van der Waals surface area contributed by atoms with E-state index in [4.69, 9.17) is 9.15 Å². The lowest BCUT2D eigenvalue weighted by atomic mass is 10.1. The van der Waals surface area contributed by atoms with Gasteiger partial charge in [0.15, 0.2) is 4.67 Å². The summed E-state index contributed by atoms with van der Waals surface area (Å²) in [6.45, 7) is 2.26. The molecule has 0 radical (unpaired) electrons. The zero-order chi connectivity index (χ0) is 18.8. The fraction of sp³-hybridized carbons (Fsp3) is 0.118. The van der Waals surface area contributed by atoms with Crippen LogP contribution in [0.15, 0.2) is 49.5 Å². The Bertz CT molecular complexity index is 915. The first-order valence-corrected chi connectivity index (χ1v) is 9.08. The lowest BCUT2D eigenvalue weighted by Crippen LogP contribution is -2.54. The number of nitrogens with one attached hydrogen (secondary N) is 1. The number of amides is 4. The number of hydrogen-bond donors (Lipinski definition) is 1. The van der Waals surface area contributed by atoms with Crippen LogP contribution in [0, 0.1) is 0 Å². The highest BCUT2D eigenvalue weighted by Crippen LogP contribution is 2.29. The summed E-state index contributed by atoms with van der Waals surface area (Å²) in [5.74, 6) is -0.761. The minimum Gasteiger partial charge on any atom is -0.494 e. The Balaban J connectivity index is 1.99. The Hall–Kier alpha value is -2.39. The van der Waals surface area contributed by atoms with E-state index in [1.54, 1.807) is 30.3 Å². The molecule has 26 heavy (non-hydrogen) atoms. The maximum Gasteiger partial charge on any atom is 0.335 e. The van der Waals surface area contributed by atoms with Gasteiger partial charge in [0.05, 0.1) is 16.8 Å². The smallest absolute Gasteiger partial charge is 0.335 e. The van der Waals surface area contributed by atoms with E-state index in [1.165, 1.54) is 6.08 Å². The number of ether oxygens (including phenoxy) is 1. The Kier molecular flexibility index (Phi) is 5.28. The molecule has 0 spiro atoms. The van der Waals surface area contributed by atoms with Crippen LogP contribution in [0.25, 0.3) is 6.08 Å². The molecule has 134 valence electrons. The molecule has 1 fully saturated rings. The second-order valence-electron chi connectivity index (χ2n) is 5.16. The molecule has 1 aromatic carbocycles. The van der Waals surface area contributed by atoms with Crippen molar-refractivity contribution in [3.8, 4) is 5.75 Å². The van der Waals surface area contributed by atoms with Crippen LogP contribution in [-0.2, 0) is 9.59 Å². The molecule has 1 N–H and O–H groups in total. The first-order chi connectivity index (χ1) is 12.4. The molecule has 1 aromatic heterocycles. The van der Waals surface area contributed by atoms with Crippen molar-refractivity contribution in [2.75, 3.05) is 11.5 Å². The molecule has 3 rings (SSSR count). The largest absolute Gasteiger partial charge is 0.494 e. The van der Waals surface area contributed by atoms with Gasteiger partial charge < -0.3 is 9.15 Å². The van der Waals surface area contributed by atoms with E-state index >= 15 is 0 Å². The number of nitrogens with zero attached hydrogens (tertiary/aromatic N) is 1. The van der Waals surface area contributed by atoms with Gasteiger partial charge in [-0.25, -0.2) is 9.69 Å². The van der Waals surface area contributed by atoms with Crippen LogP contribution in [-0.4, -0.2) is 24.5 Å². The van der Waals surface area contributed by atoms with Gasteiger partial charge in [-0.1, -0.05) is 6.07 Å². The summed E-state index contributed by atoms with van der Waals surface area (Å²) in [6, 6.07) is 7.25. The molecule has 9 heteroatoms. The quantitative estimate of drug-likeness (QED) is 0.526. The highest BCUT2D eigenvalue weighted by molar-refractivity contribution is 9.13. The standard InChI is InChI=1S/C17H12Br2N2O5/c1-2-25-10-5-3-4-9(6-10)21-16(23)12(15(22)20-17(21)24)7-11-8-13(18)14(19)26-11/h3-8H,2H2,1H3,(H,20,22,24)/b12-7+. The first-order valence-electron chi connectivity index (χ1n) is 7.50. The number of anilines is 1. The number of carbonyl (C=O) groups is 3. The molecule has 0 bridgehead atoms. The van der Waals surface area contributed by atoms with Gasteiger partial charge in [0.25, 0.3) is 11.8 Å². The van der Waals surface area contributed by atoms with Gasteiger partial charge in [0, 0.05) is 6.07 Å². The molecule has 0 atom stereocenters. The molecule has 0 unspecified atom stereocenters. The van der Waals surface area contributed by atoms with E-state index in [2.05, 4.69) is 37.2 Å². The normalized spacial score (nSPS) is 16.2. The SMILES string of the molecule is CCOc1cccc(N2C(=O)NC(=O)/C(=C\c3cc(Br)c(Br)o3)C2=O)c1. The van der Waals surface area contributed by atoms with Crippen molar-refractivity contribution >= 4 is 61.5 Å². The number of carbonyl (C=O) groups excluding carboxylic acids is 3. The average molecular weight is 484 g/mol. The lowest BCUT2D eigenvalue weighted by Gasteiger charge is -2.26. The Morgan fingerprint density at radius 1 is 1.23 bits per heavy atom. The zero-order valence-electron chi connectivity index (χ0n) is 13.4. The van der Waals surface area contributed by atoms with E-state index in [-0.39, 0.29) is 11.3 Å². The number of furan rings is 1. The fourth-order valence-electron chi connectivity index (χ4n) is 2.35. The molecule has 2 heterocycles. The third-order valence-corrected chi connectivity index (χ3v) is 5.15.